The Kier molecular flexibility index (Phi) is 8.66. The molecule has 11 heteroatoms. The fraction of sp³-hybridized carbons (Fsp3) is 0.273. The number of rotatable bonds is 3. The van der Waals surface area contributed by atoms with Crippen LogP contribution in [0.4, 0.5) is 23.2 Å². The van der Waals surface area contributed by atoms with Crippen molar-refractivity contribution in [3.8, 4) is 0 Å². The Morgan fingerprint density at radius 3 is 2.52 bits per heavy atom. The first-order chi connectivity index (χ1) is 15.6. The molecule has 0 fully saturated rings. The molecule has 0 aliphatic rings. The van der Waals surface area contributed by atoms with Crippen LogP contribution in [-0.2, 0) is 11.0 Å². The topological polar surface area (TPSA) is 91.9 Å². The summed E-state index contributed by atoms with van der Waals surface area (Å²) in [5.41, 5.74) is 1.11. The van der Waals surface area contributed by atoms with Crippen molar-refractivity contribution in [3.05, 3.63) is 59.7 Å². The number of hydrogen-bond acceptors (Lipinski definition) is 4. The minimum absolute atomic E-state index is 0.0143. The number of halogens is 4. The largest absolute Gasteiger partial charge is 0.463 e. The van der Waals surface area contributed by atoms with E-state index in [1.807, 2.05) is 6.92 Å². The molecule has 7 nitrogen and oxygen atoms in total. The Hall–Kier alpha value is -3.76. The van der Waals surface area contributed by atoms with Gasteiger partial charge in [0.1, 0.15) is 11.3 Å². The van der Waals surface area contributed by atoms with E-state index in [1.54, 1.807) is 32.3 Å². The Morgan fingerprint density at radius 2 is 1.94 bits per heavy atom. The van der Waals surface area contributed by atoms with E-state index >= 15 is 0 Å². The molecular weight excluding hydrogens is 442 g/mol. The predicted octanol–water partition coefficient (Wildman–Crippen LogP) is 5.04. The molecule has 2 heterocycles. The third kappa shape index (κ3) is 7.13. The number of fused-ring (bicyclic) bond motifs is 1. The molecule has 2 N–H and O–H groups in total. The number of carbonyl (C=O) groups excluding carboxylic acids is 1. The van der Waals surface area contributed by atoms with Crippen molar-refractivity contribution in [3.63, 3.8) is 0 Å². The second-order valence-electron chi connectivity index (χ2n) is 6.62. The van der Waals surface area contributed by atoms with Crippen LogP contribution < -0.4 is 10.6 Å². The summed E-state index contributed by atoms with van der Waals surface area (Å²) >= 11 is 0. The van der Waals surface area contributed by atoms with Crippen LogP contribution in [0.2, 0.25) is 0 Å². The highest BCUT2D eigenvalue weighted by molar-refractivity contribution is 6.09. The predicted molar refractivity (Wildman–Crippen MR) is 119 cm³/mol. The van der Waals surface area contributed by atoms with Crippen molar-refractivity contribution in [2.24, 2.45) is 9.98 Å². The van der Waals surface area contributed by atoms with Crippen LogP contribution in [0.25, 0.3) is 11.1 Å². The van der Waals surface area contributed by atoms with Crippen LogP contribution in [0.1, 0.15) is 31.4 Å². The molecule has 0 unspecified atom stereocenters. The first-order valence-electron chi connectivity index (χ1n) is 9.79. The van der Waals surface area contributed by atoms with Gasteiger partial charge in [-0.05, 0) is 31.2 Å². The molecule has 0 spiro atoms. The molecule has 0 radical (unpaired) electrons. The Bertz CT molecular complexity index is 1160. The van der Waals surface area contributed by atoms with Crippen LogP contribution >= 0.6 is 0 Å². The average molecular weight is 465 g/mol. The van der Waals surface area contributed by atoms with Crippen LogP contribution in [0.15, 0.2) is 57.2 Å². The van der Waals surface area contributed by atoms with Crippen LogP contribution in [-0.4, -0.2) is 36.7 Å². The normalized spacial score (nSPS) is 12.2. The number of furan rings is 1. The van der Waals surface area contributed by atoms with E-state index in [0.29, 0.717) is 34.9 Å². The van der Waals surface area contributed by atoms with E-state index in [9.17, 15) is 22.4 Å². The van der Waals surface area contributed by atoms with E-state index in [2.05, 4.69) is 25.6 Å². The number of benzene rings is 1. The number of nitrogens with zero attached hydrogens (tertiary/aromatic N) is 3. The minimum atomic E-state index is -4.80. The van der Waals surface area contributed by atoms with Crippen LogP contribution in [0.5, 0.6) is 0 Å². The van der Waals surface area contributed by atoms with Crippen LogP contribution in [0, 0.1) is 5.82 Å². The maximum absolute atomic E-state index is 13.4. The number of aliphatic imine (C=N–C) groups is 2. The zero-order chi connectivity index (χ0) is 24.6. The lowest BCUT2D eigenvalue weighted by Crippen LogP contribution is -2.15. The number of hydrogen-bond donors (Lipinski definition) is 2. The van der Waals surface area contributed by atoms with E-state index in [0.717, 1.165) is 6.07 Å². The minimum Gasteiger partial charge on any atom is -0.463 e. The molecule has 1 aromatic carbocycles. The molecule has 0 atom stereocenters. The zero-order valence-electron chi connectivity index (χ0n) is 18.4. The maximum Gasteiger partial charge on any atom is 0.419 e. The average Bonchev–Trinajstić information content (AvgIpc) is 3.26. The molecule has 0 bridgehead atoms. The number of amides is 1. The van der Waals surface area contributed by atoms with Gasteiger partial charge in [0.15, 0.2) is 5.58 Å². The highest BCUT2D eigenvalue weighted by Gasteiger charge is 2.34. The van der Waals surface area contributed by atoms with Crippen molar-refractivity contribution >= 4 is 34.4 Å². The monoisotopic (exact) mass is 465 g/mol. The number of aromatic nitrogens is 1. The van der Waals surface area contributed by atoms with Gasteiger partial charge in [-0.25, -0.2) is 9.38 Å². The van der Waals surface area contributed by atoms with Crippen LogP contribution in [0.3, 0.4) is 0 Å². The first kappa shape index (κ1) is 25.5. The lowest BCUT2D eigenvalue weighted by Gasteiger charge is -2.11. The molecule has 33 heavy (non-hydrogen) atoms. The van der Waals surface area contributed by atoms with Gasteiger partial charge in [-0.15, -0.1) is 0 Å². The smallest absolute Gasteiger partial charge is 0.419 e. The third-order valence-corrected chi connectivity index (χ3v) is 4.33. The number of guanidine groups is 1. The van der Waals surface area contributed by atoms with E-state index in [1.165, 1.54) is 19.4 Å². The summed E-state index contributed by atoms with van der Waals surface area (Å²) in [6.45, 7) is 3.52. The second kappa shape index (κ2) is 11.2. The number of pyridine rings is 1. The van der Waals surface area contributed by atoms with Gasteiger partial charge in [-0.1, -0.05) is 6.92 Å². The molecule has 1 amide bonds. The molecule has 3 aromatic rings. The van der Waals surface area contributed by atoms with Gasteiger partial charge in [0.2, 0.25) is 11.9 Å². The molecule has 0 saturated heterocycles. The number of carbonyl (C=O) groups is 1. The summed E-state index contributed by atoms with van der Waals surface area (Å²) < 4.78 is 57.2. The quantitative estimate of drug-likeness (QED) is 0.322. The second-order valence-corrected chi connectivity index (χ2v) is 6.62. The summed E-state index contributed by atoms with van der Waals surface area (Å²) in [5, 5.41) is 5.13. The van der Waals surface area contributed by atoms with Crippen molar-refractivity contribution in [2.45, 2.75) is 26.4 Å². The third-order valence-electron chi connectivity index (χ3n) is 4.33. The summed E-state index contributed by atoms with van der Waals surface area (Å²) in [5.74, 6) is -1.19. The summed E-state index contributed by atoms with van der Waals surface area (Å²) in [6.07, 6.45) is -1.10. The van der Waals surface area contributed by atoms with Gasteiger partial charge in [-0.3, -0.25) is 14.8 Å². The van der Waals surface area contributed by atoms with E-state index in [4.69, 9.17) is 4.42 Å². The molecular formula is C22H23F4N5O2. The van der Waals surface area contributed by atoms with Gasteiger partial charge >= 0.3 is 6.18 Å². The first-order valence-corrected chi connectivity index (χ1v) is 9.79. The molecule has 0 saturated carbocycles. The molecule has 176 valence electrons. The summed E-state index contributed by atoms with van der Waals surface area (Å²) in [6, 6.07) is 6.05. The van der Waals surface area contributed by atoms with Gasteiger partial charge < -0.3 is 15.1 Å². The fourth-order valence-corrected chi connectivity index (χ4v) is 2.53. The number of nitrogens with one attached hydrogen (secondary N) is 2. The highest BCUT2D eigenvalue weighted by Crippen LogP contribution is 2.33. The zero-order valence-corrected chi connectivity index (χ0v) is 18.4. The van der Waals surface area contributed by atoms with Gasteiger partial charge in [-0.2, -0.15) is 13.2 Å². The summed E-state index contributed by atoms with van der Waals surface area (Å²) in [4.78, 5) is 22.5. The van der Waals surface area contributed by atoms with Crippen molar-refractivity contribution in [1.29, 1.82) is 0 Å². The number of alkyl halides is 3. The molecule has 0 aliphatic carbocycles. The SMILES string of the molecule is CCC(=O)NC.CN=C(/N=C(\C)c1cnc2ccoc2c1)Nc1ccc(F)c(C(F)(F)F)c1. The summed E-state index contributed by atoms with van der Waals surface area (Å²) in [7, 11) is 3.06. The molecule has 0 aliphatic heterocycles. The maximum atomic E-state index is 13.4. The Morgan fingerprint density at radius 1 is 1.21 bits per heavy atom. The Balaban J connectivity index is 0.000000569. The van der Waals surface area contributed by atoms with Gasteiger partial charge in [0, 0.05) is 44.0 Å². The van der Waals surface area contributed by atoms with Crippen molar-refractivity contribution in [1.82, 2.24) is 10.3 Å². The van der Waals surface area contributed by atoms with E-state index < -0.39 is 17.6 Å². The van der Waals surface area contributed by atoms with Gasteiger partial charge in [0.25, 0.3) is 0 Å². The van der Waals surface area contributed by atoms with Crippen molar-refractivity contribution < 1.29 is 26.8 Å². The van der Waals surface area contributed by atoms with E-state index in [-0.39, 0.29) is 17.6 Å². The molecule has 2 aromatic heterocycles. The van der Waals surface area contributed by atoms with Gasteiger partial charge in [0.05, 0.1) is 17.5 Å². The lowest BCUT2D eigenvalue weighted by atomic mass is 10.2. The highest BCUT2D eigenvalue weighted by atomic mass is 19.4. The fourth-order valence-electron chi connectivity index (χ4n) is 2.53. The number of anilines is 1. The Labute approximate surface area is 187 Å². The standard InChI is InChI=1S/C18H14F4N4O.C4H9NO/c1-10(11-7-16-15(24-9-11)5-6-27-16)25-17(23-2)26-12-3-4-14(19)13(8-12)18(20,21)22;1-3-4(6)5-2/h3-9H,1-2H3,(H,23,26);3H2,1-2H3,(H,5,6)/b25-10+;. The molecule has 3 rings (SSSR count). The lowest BCUT2D eigenvalue weighted by molar-refractivity contribution is -0.140. The van der Waals surface area contributed by atoms with Crippen molar-refractivity contribution in [2.75, 3.05) is 19.4 Å².